The lowest BCUT2D eigenvalue weighted by Crippen LogP contribution is -2.37. The molecular weight excluding hydrogens is 265 g/mol. The molecule has 1 aromatic carbocycles. The molecule has 2 N–H and O–H groups in total. The highest BCUT2D eigenvalue weighted by Crippen LogP contribution is 2.30. The van der Waals surface area contributed by atoms with Crippen molar-refractivity contribution >= 4 is 9.84 Å². The third-order valence-electron chi connectivity index (χ3n) is 3.87. The van der Waals surface area contributed by atoms with Crippen LogP contribution in [0.25, 0.3) is 0 Å². The molecule has 1 aliphatic rings. The largest absolute Gasteiger partial charge is 0.323 e. The quantitative estimate of drug-likeness (QED) is 0.907. The van der Waals surface area contributed by atoms with Crippen molar-refractivity contribution in [1.82, 2.24) is 0 Å². The molecule has 1 heterocycles. The van der Waals surface area contributed by atoms with Crippen molar-refractivity contribution in [2.75, 3.05) is 5.75 Å². The highest BCUT2D eigenvalue weighted by Gasteiger charge is 2.34. The van der Waals surface area contributed by atoms with Crippen molar-refractivity contribution in [2.24, 2.45) is 5.73 Å². The predicted molar refractivity (Wildman–Crippen MR) is 74.2 cm³/mol. The van der Waals surface area contributed by atoms with E-state index < -0.39 is 21.1 Å². The molecule has 1 aliphatic heterocycles. The van der Waals surface area contributed by atoms with Gasteiger partial charge in [-0.3, -0.25) is 0 Å². The van der Waals surface area contributed by atoms with Crippen LogP contribution in [0.4, 0.5) is 4.39 Å². The Morgan fingerprint density at radius 2 is 1.84 bits per heavy atom. The van der Waals surface area contributed by atoms with Crippen LogP contribution in [-0.2, 0) is 9.84 Å². The first kappa shape index (κ1) is 14.5. The Morgan fingerprint density at radius 1 is 1.26 bits per heavy atom. The average Bonchev–Trinajstić information content (AvgIpc) is 2.34. The van der Waals surface area contributed by atoms with Crippen LogP contribution < -0.4 is 5.73 Å². The summed E-state index contributed by atoms with van der Waals surface area (Å²) in [5.41, 5.74) is 7.87. The number of halogens is 1. The maximum absolute atomic E-state index is 13.6. The van der Waals surface area contributed by atoms with Crippen molar-refractivity contribution in [3.63, 3.8) is 0 Å². The first-order valence-electron chi connectivity index (χ1n) is 6.56. The third kappa shape index (κ3) is 2.82. The first-order valence-corrected chi connectivity index (χ1v) is 8.28. The Morgan fingerprint density at radius 3 is 2.37 bits per heavy atom. The van der Waals surface area contributed by atoms with E-state index in [9.17, 15) is 12.8 Å². The fourth-order valence-electron chi connectivity index (χ4n) is 2.77. The molecule has 106 valence electrons. The fraction of sp³-hybridized carbons (Fsp3) is 0.571. The topological polar surface area (TPSA) is 60.2 Å². The van der Waals surface area contributed by atoms with Crippen LogP contribution in [0.15, 0.2) is 12.1 Å². The highest BCUT2D eigenvalue weighted by molar-refractivity contribution is 7.92. The summed E-state index contributed by atoms with van der Waals surface area (Å²) in [6.45, 7) is 3.35. The normalized spacial score (nSPS) is 24.1. The van der Waals surface area contributed by atoms with E-state index in [4.69, 9.17) is 5.73 Å². The monoisotopic (exact) mass is 285 g/mol. The SMILES string of the molecule is Cc1cc(C(N)C2CCCCS2(=O)=O)cc(C)c1F. The van der Waals surface area contributed by atoms with Gasteiger partial charge in [-0.2, -0.15) is 0 Å². The van der Waals surface area contributed by atoms with Crippen LogP contribution in [0.1, 0.15) is 42.0 Å². The van der Waals surface area contributed by atoms with Gasteiger partial charge in [-0.25, -0.2) is 12.8 Å². The Balaban J connectivity index is 2.36. The standard InChI is InChI=1S/C14H20FNO2S/c1-9-7-11(8-10(2)13(9)15)14(16)12-5-3-4-6-19(12,17)18/h7-8,12,14H,3-6,16H2,1-2H3. The van der Waals surface area contributed by atoms with Crippen LogP contribution in [0.3, 0.4) is 0 Å². The molecule has 0 aliphatic carbocycles. The number of aryl methyl sites for hydroxylation is 2. The molecule has 2 atom stereocenters. The minimum absolute atomic E-state index is 0.213. The summed E-state index contributed by atoms with van der Waals surface area (Å²) in [7, 11) is -3.13. The molecule has 2 unspecified atom stereocenters. The molecule has 1 fully saturated rings. The van der Waals surface area contributed by atoms with Crippen molar-refractivity contribution in [3.05, 3.63) is 34.6 Å². The minimum Gasteiger partial charge on any atom is -0.323 e. The van der Waals surface area contributed by atoms with Gasteiger partial charge in [0.2, 0.25) is 0 Å². The molecule has 0 bridgehead atoms. The van der Waals surface area contributed by atoms with Gasteiger partial charge < -0.3 is 5.73 Å². The maximum Gasteiger partial charge on any atom is 0.155 e. The molecule has 0 aromatic heterocycles. The van der Waals surface area contributed by atoms with E-state index in [1.165, 1.54) is 0 Å². The van der Waals surface area contributed by atoms with Crippen LogP contribution in [-0.4, -0.2) is 19.4 Å². The highest BCUT2D eigenvalue weighted by atomic mass is 32.2. The summed E-state index contributed by atoms with van der Waals surface area (Å²) >= 11 is 0. The number of hydrogen-bond donors (Lipinski definition) is 1. The van der Waals surface area contributed by atoms with Gasteiger partial charge in [-0.05, 0) is 43.4 Å². The molecule has 0 amide bonds. The van der Waals surface area contributed by atoms with Gasteiger partial charge in [-0.15, -0.1) is 0 Å². The van der Waals surface area contributed by atoms with Gasteiger partial charge in [0.1, 0.15) is 5.82 Å². The fourth-order valence-corrected chi connectivity index (χ4v) is 4.81. The van der Waals surface area contributed by atoms with Gasteiger partial charge in [-0.1, -0.05) is 18.6 Å². The second-order valence-corrected chi connectivity index (χ2v) is 7.74. The first-order chi connectivity index (χ1) is 8.83. The number of hydrogen-bond acceptors (Lipinski definition) is 3. The Kier molecular flexibility index (Phi) is 3.97. The van der Waals surface area contributed by atoms with Gasteiger partial charge in [0.25, 0.3) is 0 Å². The number of sulfone groups is 1. The van der Waals surface area contributed by atoms with Crippen LogP contribution in [0.2, 0.25) is 0 Å². The van der Waals surface area contributed by atoms with E-state index >= 15 is 0 Å². The second kappa shape index (κ2) is 5.21. The molecule has 0 spiro atoms. The summed E-state index contributed by atoms with van der Waals surface area (Å²) in [5.74, 6) is -0.0349. The Bertz CT molecular complexity index is 560. The molecule has 5 heteroatoms. The molecule has 0 radical (unpaired) electrons. The van der Waals surface area contributed by atoms with E-state index in [2.05, 4.69) is 0 Å². The van der Waals surface area contributed by atoms with Crippen LogP contribution in [0, 0.1) is 19.7 Å². The predicted octanol–water partition coefficient (Wildman–Crippen LogP) is 2.41. The molecule has 19 heavy (non-hydrogen) atoms. The average molecular weight is 285 g/mol. The van der Waals surface area contributed by atoms with Crippen molar-refractivity contribution in [1.29, 1.82) is 0 Å². The molecule has 1 aromatic rings. The van der Waals surface area contributed by atoms with E-state index in [1.807, 2.05) is 0 Å². The van der Waals surface area contributed by atoms with Gasteiger partial charge in [0, 0.05) is 6.04 Å². The number of benzene rings is 1. The van der Waals surface area contributed by atoms with Crippen molar-refractivity contribution in [3.8, 4) is 0 Å². The molecule has 3 nitrogen and oxygen atoms in total. The molecule has 2 rings (SSSR count). The number of nitrogens with two attached hydrogens (primary N) is 1. The second-order valence-electron chi connectivity index (χ2n) is 5.40. The van der Waals surface area contributed by atoms with Gasteiger partial charge in [0.05, 0.1) is 11.0 Å². The smallest absolute Gasteiger partial charge is 0.155 e. The molecule has 0 saturated carbocycles. The van der Waals surface area contributed by atoms with E-state index in [1.54, 1.807) is 26.0 Å². The van der Waals surface area contributed by atoms with Crippen LogP contribution in [0.5, 0.6) is 0 Å². The van der Waals surface area contributed by atoms with Crippen molar-refractivity contribution < 1.29 is 12.8 Å². The van der Waals surface area contributed by atoms with E-state index in [0.717, 1.165) is 6.42 Å². The van der Waals surface area contributed by atoms with Crippen LogP contribution >= 0.6 is 0 Å². The Hall–Kier alpha value is -0.940. The third-order valence-corrected chi connectivity index (χ3v) is 6.18. The zero-order valence-corrected chi connectivity index (χ0v) is 12.1. The molecule has 1 saturated heterocycles. The zero-order valence-electron chi connectivity index (χ0n) is 11.3. The number of rotatable bonds is 2. The maximum atomic E-state index is 13.6. The summed E-state index contributed by atoms with van der Waals surface area (Å²) in [6.07, 6.45) is 2.20. The summed E-state index contributed by atoms with van der Waals surface area (Å²) in [5, 5.41) is -0.537. The van der Waals surface area contributed by atoms with Gasteiger partial charge >= 0.3 is 0 Å². The summed E-state index contributed by atoms with van der Waals surface area (Å²) in [6, 6.07) is 2.76. The van der Waals surface area contributed by atoms with Crippen molar-refractivity contribution in [2.45, 2.75) is 44.4 Å². The lowest BCUT2D eigenvalue weighted by Gasteiger charge is -2.28. The molecular formula is C14H20FNO2S. The minimum atomic E-state index is -3.13. The lowest BCUT2D eigenvalue weighted by atomic mass is 9.96. The van der Waals surface area contributed by atoms with E-state index in [0.29, 0.717) is 29.5 Å². The summed E-state index contributed by atoms with van der Waals surface area (Å²) < 4.78 is 37.8. The van der Waals surface area contributed by atoms with Gasteiger partial charge in [0.15, 0.2) is 9.84 Å². The van der Waals surface area contributed by atoms with E-state index in [-0.39, 0.29) is 11.6 Å². The zero-order chi connectivity index (χ0) is 14.2. The summed E-state index contributed by atoms with van der Waals surface area (Å²) in [4.78, 5) is 0. The Labute approximate surface area is 113 Å². The lowest BCUT2D eigenvalue weighted by molar-refractivity contribution is 0.504.